The molecule has 0 aliphatic carbocycles. The Bertz CT molecular complexity index is 877. The number of carbonyl (C=O) groups excluding carboxylic acids is 1. The van der Waals surface area contributed by atoms with E-state index < -0.39 is 5.97 Å². The molecule has 3 rings (SSSR count). The molecule has 0 bridgehead atoms. The fraction of sp³-hybridized carbons (Fsp3) is 0.300. The third-order valence-electron chi connectivity index (χ3n) is 4.17. The van der Waals surface area contributed by atoms with E-state index in [4.69, 9.17) is 23.8 Å². The summed E-state index contributed by atoms with van der Waals surface area (Å²) in [6.07, 6.45) is 0.432. The van der Waals surface area contributed by atoms with Crippen molar-refractivity contribution >= 4 is 11.7 Å². The van der Waals surface area contributed by atoms with Gasteiger partial charge in [0.1, 0.15) is 17.6 Å². The van der Waals surface area contributed by atoms with Crippen molar-refractivity contribution in [3.8, 4) is 23.0 Å². The Hall–Kier alpha value is -3.22. The Morgan fingerprint density at radius 2 is 1.81 bits per heavy atom. The first-order valence-corrected chi connectivity index (χ1v) is 8.41. The first kappa shape index (κ1) is 18.6. The maximum Gasteiger partial charge on any atom is 0.365 e. The van der Waals surface area contributed by atoms with Gasteiger partial charge in [-0.2, -0.15) is 0 Å². The summed E-state index contributed by atoms with van der Waals surface area (Å²) in [5, 5.41) is 4.08. The van der Waals surface area contributed by atoms with E-state index in [2.05, 4.69) is 5.16 Å². The zero-order chi connectivity index (χ0) is 19.4. The molecule has 1 aliphatic heterocycles. The fourth-order valence-electron chi connectivity index (χ4n) is 2.81. The summed E-state index contributed by atoms with van der Waals surface area (Å²) in [6.45, 7) is 1.92. The Morgan fingerprint density at radius 3 is 2.52 bits per heavy atom. The molecule has 0 spiro atoms. The minimum absolute atomic E-state index is 0.0943. The highest BCUT2D eigenvalue weighted by molar-refractivity contribution is 6.04. The van der Waals surface area contributed by atoms with Crippen LogP contribution in [0, 0.1) is 0 Å². The molecular formula is C20H21NO6. The van der Waals surface area contributed by atoms with Gasteiger partial charge in [0, 0.05) is 18.1 Å². The molecule has 7 nitrogen and oxygen atoms in total. The van der Waals surface area contributed by atoms with Gasteiger partial charge >= 0.3 is 5.97 Å². The van der Waals surface area contributed by atoms with Crippen molar-refractivity contribution < 1.29 is 28.6 Å². The van der Waals surface area contributed by atoms with E-state index in [9.17, 15) is 4.79 Å². The third kappa shape index (κ3) is 3.97. The molecule has 0 unspecified atom stereocenters. The number of nitrogens with zero attached hydrogens (tertiary/aromatic N) is 1. The Morgan fingerprint density at radius 1 is 1.04 bits per heavy atom. The molecule has 0 amide bonds. The number of ether oxygens (including phenoxy) is 4. The van der Waals surface area contributed by atoms with Crippen LogP contribution in [-0.2, 0) is 4.84 Å². The van der Waals surface area contributed by atoms with E-state index in [1.54, 1.807) is 31.4 Å². The van der Waals surface area contributed by atoms with Crippen LogP contribution in [-0.4, -0.2) is 39.1 Å². The summed E-state index contributed by atoms with van der Waals surface area (Å²) in [7, 11) is 4.62. The van der Waals surface area contributed by atoms with Crippen LogP contribution in [0.2, 0.25) is 0 Å². The molecular weight excluding hydrogens is 350 g/mol. The fourth-order valence-corrected chi connectivity index (χ4v) is 2.81. The highest BCUT2D eigenvalue weighted by atomic mass is 16.7. The molecule has 1 aliphatic rings. The highest BCUT2D eigenvalue weighted by Crippen LogP contribution is 2.32. The first-order valence-electron chi connectivity index (χ1n) is 8.41. The number of hydrogen-bond donors (Lipinski definition) is 0. The van der Waals surface area contributed by atoms with Crippen LogP contribution in [0.3, 0.4) is 0 Å². The van der Waals surface area contributed by atoms with Gasteiger partial charge in [-0.25, -0.2) is 4.79 Å². The standard InChI is InChI=1S/C20H21NO6/c1-12-9-16(15-7-6-14(23-2)11-18(15)26-12)21-27-20(22)13-5-8-17(24-3)19(10-13)25-4/h5-8,10-12H,9H2,1-4H3/b21-16+/t12-/m1/s1. The lowest BCUT2D eigenvalue weighted by molar-refractivity contribution is 0.0512. The SMILES string of the molecule is COc1ccc2c(c1)O[C@H](C)C/C2=N\OC(=O)c1ccc(OC)c(OC)c1. The summed E-state index contributed by atoms with van der Waals surface area (Å²) in [5.41, 5.74) is 1.72. The summed E-state index contributed by atoms with van der Waals surface area (Å²) in [6, 6.07) is 10.2. The summed E-state index contributed by atoms with van der Waals surface area (Å²) in [4.78, 5) is 17.5. The molecule has 27 heavy (non-hydrogen) atoms. The Balaban J connectivity index is 1.83. The van der Waals surface area contributed by atoms with Gasteiger partial charge in [0.15, 0.2) is 11.5 Å². The quantitative estimate of drug-likeness (QED) is 0.592. The van der Waals surface area contributed by atoms with Gasteiger partial charge in [0.25, 0.3) is 0 Å². The minimum Gasteiger partial charge on any atom is -0.497 e. The van der Waals surface area contributed by atoms with Gasteiger partial charge in [-0.05, 0) is 37.3 Å². The van der Waals surface area contributed by atoms with Crippen LogP contribution in [0.4, 0.5) is 0 Å². The first-order chi connectivity index (χ1) is 13.0. The van der Waals surface area contributed by atoms with Crippen LogP contribution >= 0.6 is 0 Å². The number of hydrogen-bond acceptors (Lipinski definition) is 7. The van der Waals surface area contributed by atoms with Crippen LogP contribution in [0.5, 0.6) is 23.0 Å². The molecule has 1 heterocycles. The number of carbonyl (C=O) groups is 1. The normalized spacial score (nSPS) is 16.9. The topological polar surface area (TPSA) is 75.6 Å². The lowest BCUT2D eigenvalue weighted by atomic mass is 10.0. The van der Waals surface area contributed by atoms with Crippen LogP contribution in [0.15, 0.2) is 41.6 Å². The molecule has 142 valence electrons. The van der Waals surface area contributed by atoms with Crippen molar-refractivity contribution in [2.45, 2.75) is 19.4 Å². The molecule has 2 aromatic carbocycles. The second kappa shape index (κ2) is 7.99. The Labute approximate surface area is 157 Å². The number of rotatable bonds is 5. The van der Waals surface area contributed by atoms with E-state index in [0.29, 0.717) is 40.7 Å². The van der Waals surface area contributed by atoms with Gasteiger partial charge in [-0.1, -0.05) is 5.16 Å². The summed E-state index contributed by atoms with van der Waals surface area (Å²) in [5.74, 6) is 1.72. The number of fused-ring (bicyclic) bond motifs is 1. The highest BCUT2D eigenvalue weighted by Gasteiger charge is 2.24. The van der Waals surface area contributed by atoms with E-state index in [1.807, 2.05) is 19.1 Å². The van der Waals surface area contributed by atoms with E-state index in [1.165, 1.54) is 14.2 Å². The largest absolute Gasteiger partial charge is 0.497 e. The lowest BCUT2D eigenvalue weighted by Crippen LogP contribution is -2.25. The lowest BCUT2D eigenvalue weighted by Gasteiger charge is -2.24. The predicted octanol–water partition coefficient (Wildman–Crippen LogP) is 3.44. The zero-order valence-electron chi connectivity index (χ0n) is 15.6. The van der Waals surface area contributed by atoms with Gasteiger partial charge in [-0.15, -0.1) is 0 Å². The number of methoxy groups -OCH3 is 3. The van der Waals surface area contributed by atoms with Gasteiger partial charge in [-0.3, -0.25) is 0 Å². The predicted molar refractivity (Wildman–Crippen MR) is 99.2 cm³/mol. The van der Waals surface area contributed by atoms with Crippen molar-refractivity contribution in [3.63, 3.8) is 0 Å². The third-order valence-corrected chi connectivity index (χ3v) is 4.17. The maximum atomic E-state index is 12.4. The zero-order valence-corrected chi connectivity index (χ0v) is 15.6. The molecule has 1 atom stereocenters. The Kier molecular flexibility index (Phi) is 5.49. The van der Waals surface area contributed by atoms with Crippen LogP contribution in [0.25, 0.3) is 0 Å². The van der Waals surface area contributed by atoms with Crippen LogP contribution < -0.4 is 18.9 Å². The number of benzene rings is 2. The van der Waals surface area contributed by atoms with E-state index in [0.717, 1.165) is 5.56 Å². The van der Waals surface area contributed by atoms with Crippen molar-refractivity contribution in [2.75, 3.05) is 21.3 Å². The minimum atomic E-state index is -0.586. The summed E-state index contributed by atoms with van der Waals surface area (Å²) >= 11 is 0. The summed E-state index contributed by atoms with van der Waals surface area (Å²) < 4.78 is 21.4. The molecule has 0 N–H and O–H groups in total. The van der Waals surface area contributed by atoms with Gasteiger partial charge < -0.3 is 23.8 Å². The van der Waals surface area contributed by atoms with Gasteiger partial charge in [0.2, 0.25) is 0 Å². The molecule has 0 aromatic heterocycles. The number of oxime groups is 1. The average molecular weight is 371 g/mol. The van der Waals surface area contributed by atoms with Crippen molar-refractivity contribution in [3.05, 3.63) is 47.5 Å². The average Bonchev–Trinajstić information content (AvgIpc) is 2.70. The van der Waals surface area contributed by atoms with Crippen LogP contribution in [0.1, 0.15) is 29.3 Å². The molecule has 0 fully saturated rings. The second-order valence-corrected chi connectivity index (χ2v) is 5.98. The molecule has 2 aromatic rings. The second-order valence-electron chi connectivity index (χ2n) is 5.98. The van der Waals surface area contributed by atoms with Crippen molar-refractivity contribution in [2.24, 2.45) is 5.16 Å². The van der Waals surface area contributed by atoms with Crippen molar-refractivity contribution in [1.29, 1.82) is 0 Å². The smallest absolute Gasteiger partial charge is 0.365 e. The molecule has 0 radical (unpaired) electrons. The van der Waals surface area contributed by atoms with Gasteiger partial charge in [0.05, 0.1) is 32.6 Å². The maximum absolute atomic E-state index is 12.4. The monoisotopic (exact) mass is 371 g/mol. The molecule has 0 saturated carbocycles. The van der Waals surface area contributed by atoms with E-state index >= 15 is 0 Å². The van der Waals surface area contributed by atoms with E-state index in [-0.39, 0.29) is 6.10 Å². The molecule has 7 heteroatoms. The van der Waals surface area contributed by atoms with Crippen molar-refractivity contribution in [1.82, 2.24) is 0 Å². The molecule has 0 saturated heterocycles.